The number of hydrogen-bond donors (Lipinski definition) is 0. The van der Waals surface area contributed by atoms with E-state index in [1.54, 1.807) is 12.1 Å². The van der Waals surface area contributed by atoms with Crippen LogP contribution in [0.5, 0.6) is 5.75 Å². The Morgan fingerprint density at radius 3 is 2.32 bits per heavy atom. The second kappa shape index (κ2) is 9.64. The number of halogens is 1. The first-order valence-corrected chi connectivity index (χ1v) is 12.6. The third-order valence-electron chi connectivity index (χ3n) is 4.66. The van der Waals surface area contributed by atoms with Gasteiger partial charge in [0.25, 0.3) is 0 Å². The summed E-state index contributed by atoms with van der Waals surface area (Å²) < 4.78 is 11.9. The van der Waals surface area contributed by atoms with Crippen LogP contribution in [0.4, 0.5) is 0 Å². The predicted molar refractivity (Wildman–Crippen MR) is 108 cm³/mol. The molecule has 0 bridgehead atoms. The third kappa shape index (κ3) is 6.35. The van der Waals surface area contributed by atoms with Gasteiger partial charge in [-0.3, -0.25) is 9.59 Å². The van der Waals surface area contributed by atoms with Crippen LogP contribution >= 0.6 is 15.9 Å². The van der Waals surface area contributed by atoms with Gasteiger partial charge in [0.1, 0.15) is 12.0 Å². The fraction of sp³-hybridized carbons (Fsp3) is 0.579. The van der Waals surface area contributed by atoms with Crippen LogP contribution < -0.4 is 4.74 Å². The molecule has 0 saturated carbocycles. The lowest BCUT2D eigenvalue weighted by Gasteiger charge is -2.36. The van der Waals surface area contributed by atoms with Crippen LogP contribution in [0.3, 0.4) is 0 Å². The van der Waals surface area contributed by atoms with Crippen molar-refractivity contribution in [1.29, 1.82) is 0 Å². The third-order valence-corrected chi connectivity index (χ3v) is 9.52. The number of ether oxygens (including phenoxy) is 1. The lowest BCUT2D eigenvalue weighted by atomic mass is 10.0. The topological polar surface area (TPSA) is 52.6 Å². The molecule has 0 aliphatic rings. The maximum absolute atomic E-state index is 11.4. The molecule has 25 heavy (non-hydrogen) atoms. The van der Waals surface area contributed by atoms with E-state index in [4.69, 9.17) is 9.16 Å². The van der Waals surface area contributed by atoms with Crippen LogP contribution in [0, 0.1) is 0 Å². The first kappa shape index (κ1) is 22.1. The van der Waals surface area contributed by atoms with Crippen LogP contribution in [0.25, 0.3) is 0 Å². The summed E-state index contributed by atoms with van der Waals surface area (Å²) in [6.45, 7) is 12.2. The smallest absolute Gasteiger partial charge is 0.191 e. The zero-order chi connectivity index (χ0) is 19.1. The fourth-order valence-electron chi connectivity index (χ4n) is 2.20. The summed E-state index contributed by atoms with van der Waals surface area (Å²) in [7, 11) is -1.76. The zero-order valence-electron chi connectivity index (χ0n) is 15.9. The molecule has 0 atom stereocenters. The van der Waals surface area contributed by atoms with Crippen molar-refractivity contribution >= 4 is 36.8 Å². The van der Waals surface area contributed by atoms with Gasteiger partial charge in [-0.05, 0) is 48.7 Å². The van der Waals surface area contributed by atoms with E-state index in [2.05, 4.69) is 49.8 Å². The minimum Gasteiger partial charge on any atom is -0.492 e. The summed E-state index contributed by atoms with van der Waals surface area (Å²) in [5.41, 5.74) is 1.80. The Balaban J connectivity index is 2.85. The van der Waals surface area contributed by atoms with Crippen molar-refractivity contribution < 1.29 is 18.8 Å². The van der Waals surface area contributed by atoms with Gasteiger partial charge in [0.05, 0.1) is 12.2 Å². The van der Waals surface area contributed by atoms with Gasteiger partial charge >= 0.3 is 0 Å². The maximum Gasteiger partial charge on any atom is 0.191 e. The standard InChI is InChI=1S/C19H29BrO4Si/c1-19(2,3)25(4,5)24-9-6-7-16-11-15(13-21)12-17(14-22)18(16)23-10-8-20/h11-14H,6-10H2,1-5H3. The van der Waals surface area contributed by atoms with Gasteiger partial charge in [-0.2, -0.15) is 0 Å². The molecule has 0 aliphatic heterocycles. The predicted octanol–water partition coefficient (Wildman–Crippen LogP) is 5.04. The van der Waals surface area contributed by atoms with Crippen molar-refractivity contribution in [2.45, 2.75) is 51.7 Å². The van der Waals surface area contributed by atoms with E-state index in [0.29, 0.717) is 41.8 Å². The van der Waals surface area contributed by atoms with Crippen LogP contribution in [0.1, 0.15) is 53.5 Å². The summed E-state index contributed by atoms with van der Waals surface area (Å²) in [4.78, 5) is 22.5. The van der Waals surface area contributed by atoms with Crippen LogP contribution in [0.15, 0.2) is 12.1 Å². The first-order chi connectivity index (χ1) is 11.7. The van der Waals surface area contributed by atoms with Gasteiger partial charge in [-0.1, -0.05) is 36.7 Å². The highest BCUT2D eigenvalue weighted by atomic mass is 79.9. The molecule has 0 unspecified atom stereocenters. The van der Waals surface area contributed by atoms with Crippen molar-refractivity contribution in [2.24, 2.45) is 0 Å². The molecule has 0 heterocycles. The van der Waals surface area contributed by atoms with Gasteiger partial charge < -0.3 is 9.16 Å². The minimum absolute atomic E-state index is 0.180. The largest absolute Gasteiger partial charge is 0.492 e. The van der Waals surface area contributed by atoms with E-state index < -0.39 is 8.32 Å². The molecule has 0 amide bonds. The summed E-state index contributed by atoms with van der Waals surface area (Å²) >= 11 is 3.33. The number of rotatable bonds is 10. The zero-order valence-corrected chi connectivity index (χ0v) is 18.4. The van der Waals surface area contributed by atoms with Gasteiger partial charge in [0, 0.05) is 17.5 Å². The van der Waals surface area contributed by atoms with E-state index in [9.17, 15) is 9.59 Å². The lowest BCUT2D eigenvalue weighted by Crippen LogP contribution is -2.41. The number of carbonyl (C=O) groups excluding carboxylic acids is 2. The Bertz CT molecular complexity index is 594. The molecular weight excluding hydrogens is 400 g/mol. The van der Waals surface area contributed by atoms with E-state index in [-0.39, 0.29) is 5.04 Å². The number of hydrogen-bond acceptors (Lipinski definition) is 4. The average molecular weight is 429 g/mol. The Hall–Kier alpha value is -0.983. The molecule has 0 spiro atoms. The van der Waals surface area contributed by atoms with Crippen molar-refractivity contribution in [3.05, 3.63) is 28.8 Å². The second-order valence-corrected chi connectivity index (χ2v) is 13.2. The highest BCUT2D eigenvalue weighted by molar-refractivity contribution is 9.09. The van der Waals surface area contributed by atoms with Crippen LogP contribution in [-0.4, -0.2) is 39.4 Å². The molecule has 1 aromatic carbocycles. The average Bonchev–Trinajstić information content (AvgIpc) is 2.55. The Labute approximate surface area is 160 Å². The number of benzene rings is 1. The summed E-state index contributed by atoms with van der Waals surface area (Å²) in [5, 5.41) is 0.855. The lowest BCUT2D eigenvalue weighted by molar-refractivity contribution is 0.111. The van der Waals surface area contributed by atoms with Gasteiger partial charge in [0.2, 0.25) is 0 Å². The molecule has 0 saturated heterocycles. The molecule has 0 N–H and O–H groups in total. The van der Waals surface area contributed by atoms with Gasteiger partial charge in [-0.15, -0.1) is 0 Å². The van der Waals surface area contributed by atoms with Crippen molar-refractivity contribution in [3.63, 3.8) is 0 Å². The summed E-state index contributed by atoms with van der Waals surface area (Å²) in [5.74, 6) is 0.576. The number of aryl methyl sites for hydroxylation is 1. The summed E-state index contributed by atoms with van der Waals surface area (Å²) in [6, 6.07) is 3.37. The molecule has 140 valence electrons. The van der Waals surface area contributed by atoms with E-state index >= 15 is 0 Å². The quantitative estimate of drug-likeness (QED) is 0.226. The maximum atomic E-state index is 11.4. The molecule has 0 fully saturated rings. The normalized spacial score (nSPS) is 12.1. The number of alkyl halides is 1. The SMILES string of the molecule is CC(C)(C)[Si](C)(C)OCCCc1cc(C=O)cc(C=O)c1OCCBr. The Morgan fingerprint density at radius 1 is 1.12 bits per heavy atom. The van der Waals surface area contributed by atoms with Crippen molar-refractivity contribution in [1.82, 2.24) is 0 Å². The molecular formula is C19H29BrO4Si. The van der Waals surface area contributed by atoms with Crippen LogP contribution in [-0.2, 0) is 10.8 Å². The molecule has 0 aromatic heterocycles. The molecule has 1 aromatic rings. The molecule has 6 heteroatoms. The molecule has 0 radical (unpaired) electrons. The Morgan fingerprint density at radius 2 is 1.80 bits per heavy atom. The number of carbonyl (C=O) groups is 2. The van der Waals surface area contributed by atoms with Crippen molar-refractivity contribution in [2.75, 3.05) is 18.5 Å². The fourth-order valence-corrected chi connectivity index (χ4v) is 3.45. The first-order valence-electron chi connectivity index (χ1n) is 8.56. The van der Waals surface area contributed by atoms with Crippen LogP contribution in [0.2, 0.25) is 18.1 Å². The van der Waals surface area contributed by atoms with Crippen molar-refractivity contribution in [3.8, 4) is 5.75 Å². The van der Waals surface area contributed by atoms with Gasteiger partial charge in [-0.25, -0.2) is 0 Å². The molecule has 1 rings (SSSR count). The Kier molecular flexibility index (Phi) is 8.51. The highest BCUT2D eigenvalue weighted by Gasteiger charge is 2.36. The number of aldehydes is 2. The van der Waals surface area contributed by atoms with E-state index in [0.717, 1.165) is 24.6 Å². The van der Waals surface area contributed by atoms with E-state index in [1.165, 1.54) is 0 Å². The molecule has 0 aliphatic carbocycles. The highest BCUT2D eigenvalue weighted by Crippen LogP contribution is 2.36. The summed E-state index contributed by atoms with van der Waals surface area (Å²) in [6.07, 6.45) is 3.02. The minimum atomic E-state index is -1.76. The monoisotopic (exact) mass is 428 g/mol. The second-order valence-electron chi connectivity index (χ2n) is 7.58. The van der Waals surface area contributed by atoms with Gasteiger partial charge in [0.15, 0.2) is 14.6 Å². The van der Waals surface area contributed by atoms with E-state index in [1.807, 2.05) is 0 Å². The molecule has 4 nitrogen and oxygen atoms in total.